The minimum Gasteiger partial charge on any atom is -0.497 e. The number of nitrogens with one attached hydrogen (secondary N) is 3. The van der Waals surface area contributed by atoms with Gasteiger partial charge in [0, 0.05) is 113 Å². The number of ether oxygens (including phenoxy) is 10. The molecule has 2 heterocycles. The van der Waals surface area contributed by atoms with Gasteiger partial charge < -0.3 is 62.9 Å². The van der Waals surface area contributed by atoms with Gasteiger partial charge in [-0.2, -0.15) is 10.2 Å². The predicted octanol–water partition coefficient (Wildman–Crippen LogP) is 20.9. The highest BCUT2D eigenvalue weighted by Crippen LogP contribution is 2.50. The number of H-pyrrole nitrogens is 2. The quantitative estimate of drug-likeness (QED) is 0.00675. The number of aliphatic hydroxyl groups is 2. The zero-order valence-corrected chi connectivity index (χ0v) is 79.5. The molecule has 5 atom stereocenters. The van der Waals surface area contributed by atoms with E-state index in [0.29, 0.717) is 110 Å². The first-order valence-corrected chi connectivity index (χ1v) is 44.8. The minimum absolute atomic E-state index is 0.00708. The number of allylic oxidation sites excluding steroid dienone is 2. The maximum absolute atomic E-state index is 12.8. The third-order valence-corrected chi connectivity index (χ3v) is 24.7. The van der Waals surface area contributed by atoms with Crippen molar-refractivity contribution in [3.63, 3.8) is 0 Å². The number of aromatic nitrogens is 4. The Labute approximate surface area is 806 Å². The van der Waals surface area contributed by atoms with Crippen molar-refractivity contribution in [1.82, 2.24) is 20.4 Å². The van der Waals surface area contributed by atoms with E-state index in [1.165, 1.54) is 81.0 Å². The number of Topliss-reactive ketones (excluding diaryl/α,β-unsaturated/α-hetero) is 3. The van der Waals surface area contributed by atoms with Gasteiger partial charge in [0.2, 0.25) is 5.91 Å². The van der Waals surface area contributed by atoms with Gasteiger partial charge in [0.25, 0.3) is 22.3 Å². The lowest BCUT2D eigenvalue weighted by Crippen LogP contribution is -2.30. The number of anilines is 1. The van der Waals surface area contributed by atoms with Gasteiger partial charge in [0.1, 0.15) is 80.3 Å². The molecular formula is C102H107Cl3N8O24. The number of nitro groups is 3. The summed E-state index contributed by atoms with van der Waals surface area (Å²) in [4.78, 5) is 101. The number of hydrogen-bond donors (Lipinski definition) is 5. The number of nitrogens with zero attached hydrogens (tertiary/aromatic N) is 5. The van der Waals surface area contributed by atoms with Crippen LogP contribution < -0.4 is 52.7 Å². The summed E-state index contributed by atoms with van der Waals surface area (Å²) in [6, 6.07) is 49.4. The Balaban J connectivity index is 0.000000172. The Kier molecular flexibility index (Phi) is 38.9. The Morgan fingerprint density at radius 3 is 1.31 bits per heavy atom. The zero-order chi connectivity index (χ0) is 99.1. The Hall–Kier alpha value is -14.3. The third kappa shape index (κ3) is 27.7. The van der Waals surface area contributed by atoms with E-state index in [0.717, 1.165) is 150 Å². The Bertz CT molecular complexity index is 6040. The van der Waals surface area contributed by atoms with Crippen molar-refractivity contribution in [2.45, 2.75) is 133 Å². The number of para-hydroxylation sites is 4. The van der Waals surface area contributed by atoms with E-state index >= 15 is 0 Å². The number of nitro benzene ring substituents is 3. The summed E-state index contributed by atoms with van der Waals surface area (Å²) in [6.07, 6.45) is 15.7. The second-order valence-corrected chi connectivity index (χ2v) is 33.1. The van der Waals surface area contributed by atoms with E-state index in [2.05, 4.69) is 32.3 Å². The summed E-state index contributed by atoms with van der Waals surface area (Å²) in [5.41, 5.74) is 11.7. The SMILES string of the molecule is C=CC(=O)Nc1ccccc1-c1n[nH]c2c1CC[C@@H](c1c(Cl)c(OC)cc(OC)c1Cl)C2.COc1cc(OC)cc(C(O)O)c1.COc1cc(OC)cc([C@@H]2CCC(C(=O)c3ccccc3[N+](=O)[O-])C(=O)C2)c1.COc1cc(OC)cc([C@@H]2CCCC(=O)C2)c1.COc1cc(OC)cc([C@@H]2CCc3c(-c4ccccc4[N+](=O)[O-])n[nH]c3C2)c1.O=C(Cl)c1ccccc1[N+](=O)[O-].O=C1C=CCCC1. The first kappa shape index (κ1) is 105. The Morgan fingerprint density at radius 2 is 0.891 bits per heavy atom. The van der Waals surface area contributed by atoms with Crippen LogP contribution in [-0.4, -0.2) is 151 Å². The van der Waals surface area contributed by atoms with Gasteiger partial charge in [0.15, 0.2) is 17.9 Å². The van der Waals surface area contributed by atoms with E-state index in [1.54, 1.807) is 105 Å². The lowest BCUT2D eigenvalue weighted by Gasteiger charge is -2.27. The number of aliphatic hydroxyl groups excluding tert-OH is 1. The molecule has 0 spiro atoms. The molecular weight excluding hydrogens is 1830 g/mol. The van der Waals surface area contributed by atoms with Gasteiger partial charge in [-0.3, -0.25) is 69.3 Å². The molecule has 35 heteroatoms. The minimum atomic E-state index is -1.51. The molecule has 0 saturated heterocycles. The van der Waals surface area contributed by atoms with Crippen molar-refractivity contribution < 1.29 is 101 Å². The standard InChI is InChI=1S/C24H23Cl2N3O3.C21H21N3O4.C21H21NO6.C14H18O3.C9H12O4.C7H4ClNO3.C6H8O/c1-4-20(30)27-16-8-6-5-7-14(16)24-15-10-9-13(11-17(15)28-29-24)21-22(25)18(31-2)12-19(32-3)23(21)26;1-27-15-9-14(10-16(12-15)28-2)13-7-8-17-19(11-13)22-23-21(17)18-5-3-4-6-20(18)24(25)26;1-27-15-9-14(10-16(12-15)28-2)13-7-8-18(20(23)11-13)21(24)17-5-3-4-6-19(17)22(25)26;1-16-13-7-11(8-14(9-13)17-2)10-4-3-5-12(15)6-10;1-12-7-3-6(9(10)11)4-8(5-7)13-2;8-7(10)5-3-1-2-4-6(5)9(11)12;7-6-4-2-1-3-5-6/h4-8,12-13H,1,9-11H2,2-3H3,(H,27,30)(H,28,29);3-6,9-10,12-13H,7-8,11H2,1-2H3,(H,22,23);3-6,9-10,12-13,18H,7-8,11H2,1-2H3;7-10H,3-6H2,1-2H3;3-5,9-11H,1-2H3;1-4H;2,4H,1,3,5H2/t2*13-;13-,18?;10-;;;/m1111.../s1. The van der Waals surface area contributed by atoms with Crippen LogP contribution in [-0.2, 0) is 44.9 Å². The van der Waals surface area contributed by atoms with Gasteiger partial charge in [-0.25, -0.2) is 0 Å². The number of aromatic amines is 2. The van der Waals surface area contributed by atoms with Crippen LogP contribution in [0.25, 0.3) is 22.5 Å². The van der Waals surface area contributed by atoms with E-state index in [4.69, 9.17) is 92.4 Å². The molecule has 1 unspecified atom stereocenters. The molecule has 137 heavy (non-hydrogen) atoms. The molecule has 0 aliphatic heterocycles. The largest absolute Gasteiger partial charge is 0.497 e. The highest BCUT2D eigenvalue weighted by atomic mass is 35.5. The number of hydrogen-bond acceptors (Lipinski definition) is 26. The maximum Gasteiger partial charge on any atom is 0.281 e. The van der Waals surface area contributed by atoms with Crippen LogP contribution in [0.1, 0.15) is 178 Å². The summed E-state index contributed by atoms with van der Waals surface area (Å²) >= 11 is 18.4. The summed E-state index contributed by atoms with van der Waals surface area (Å²) < 4.78 is 52.6. The fourth-order valence-corrected chi connectivity index (χ4v) is 17.6. The molecule has 1 amide bonds. The molecule has 5 aliphatic rings. The summed E-state index contributed by atoms with van der Waals surface area (Å²) in [7, 11) is 15.8. The molecule has 16 rings (SSSR count). The number of carbonyl (C=O) groups excluding carboxylic acids is 6. The maximum atomic E-state index is 12.8. The monoisotopic (exact) mass is 1930 g/mol. The van der Waals surface area contributed by atoms with Crippen LogP contribution >= 0.6 is 34.8 Å². The van der Waals surface area contributed by atoms with Crippen molar-refractivity contribution in [3.8, 4) is 80.0 Å². The summed E-state index contributed by atoms with van der Waals surface area (Å²) in [6.45, 7) is 3.52. The number of amides is 1. The lowest BCUT2D eigenvalue weighted by molar-refractivity contribution is -0.385. The first-order valence-electron chi connectivity index (χ1n) is 43.7. The van der Waals surface area contributed by atoms with Crippen molar-refractivity contribution in [2.75, 3.05) is 76.4 Å². The molecule has 720 valence electrons. The number of methoxy groups -OCH3 is 10. The third-order valence-electron chi connectivity index (χ3n) is 23.7. The van der Waals surface area contributed by atoms with Gasteiger partial charge in [-0.05, 0) is 214 Å². The van der Waals surface area contributed by atoms with Gasteiger partial charge in [-0.15, -0.1) is 0 Å². The van der Waals surface area contributed by atoms with Crippen molar-refractivity contribution in [2.24, 2.45) is 5.92 Å². The van der Waals surface area contributed by atoms with Crippen LogP contribution in [0.2, 0.25) is 10.0 Å². The fraction of sp³-hybridized carbons (Fsp3) is 0.314. The van der Waals surface area contributed by atoms with Crippen LogP contribution in [0, 0.1) is 36.3 Å². The average molecular weight is 1940 g/mol. The van der Waals surface area contributed by atoms with Crippen LogP contribution in [0.3, 0.4) is 0 Å². The topological polar surface area (TPSA) is 434 Å². The van der Waals surface area contributed by atoms with Crippen molar-refractivity contribution in [3.05, 3.63) is 303 Å². The summed E-state index contributed by atoms with van der Waals surface area (Å²) in [5, 5.41) is 69.1. The normalized spacial score (nSPS) is 16.0. The number of benzene rings is 9. The molecule has 0 bridgehead atoms. The number of rotatable bonds is 25. The smallest absolute Gasteiger partial charge is 0.281 e. The zero-order valence-electron chi connectivity index (χ0n) is 77.2. The molecule has 32 nitrogen and oxygen atoms in total. The molecule has 11 aromatic rings. The van der Waals surface area contributed by atoms with Gasteiger partial charge >= 0.3 is 0 Å². The van der Waals surface area contributed by atoms with Crippen LogP contribution in [0.15, 0.2) is 201 Å². The van der Waals surface area contributed by atoms with Crippen molar-refractivity contribution in [1.29, 1.82) is 0 Å². The second-order valence-electron chi connectivity index (χ2n) is 32.0. The van der Waals surface area contributed by atoms with Crippen LogP contribution in [0.5, 0.6) is 57.5 Å². The second kappa shape index (κ2) is 50.9. The predicted molar refractivity (Wildman–Crippen MR) is 518 cm³/mol. The molecule has 2 aromatic heterocycles. The lowest BCUT2D eigenvalue weighted by atomic mass is 9.75. The number of carbonyl (C=O) groups is 6. The molecule has 9 aromatic carbocycles. The highest BCUT2D eigenvalue weighted by Gasteiger charge is 2.38. The number of ketones is 4. The fourth-order valence-electron chi connectivity index (χ4n) is 16.6. The van der Waals surface area contributed by atoms with Gasteiger partial charge in [0.05, 0.1) is 124 Å². The van der Waals surface area contributed by atoms with Crippen LogP contribution in [0.4, 0.5) is 22.7 Å². The summed E-state index contributed by atoms with van der Waals surface area (Å²) in [5.74, 6) is 6.04. The van der Waals surface area contributed by atoms with E-state index in [-0.39, 0.29) is 68.8 Å². The van der Waals surface area contributed by atoms with E-state index in [9.17, 15) is 59.1 Å². The Morgan fingerprint density at radius 1 is 0.474 bits per heavy atom. The molecule has 0 radical (unpaired) electrons. The number of fused-ring (bicyclic) bond motifs is 2. The van der Waals surface area contributed by atoms with Gasteiger partial charge in [-0.1, -0.05) is 90.5 Å². The van der Waals surface area contributed by atoms with Crippen molar-refractivity contribution >= 4 is 91.8 Å². The molecule has 2 saturated carbocycles. The van der Waals surface area contributed by atoms with E-state index in [1.807, 2.05) is 78.9 Å². The molecule has 5 N–H and O–H groups in total. The average Bonchev–Trinajstić information content (AvgIpc) is 1.67. The molecule has 2 fully saturated rings. The molecule has 5 aliphatic carbocycles. The van der Waals surface area contributed by atoms with E-state index < -0.39 is 33.1 Å². The first-order chi connectivity index (χ1) is 65.9. The highest BCUT2D eigenvalue weighted by molar-refractivity contribution is 6.68. The number of halogens is 3.